The average Bonchev–Trinajstić information content (AvgIpc) is 2.79. The molecule has 0 amide bonds. The summed E-state index contributed by atoms with van der Waals surface area (Å²) in [4.78, 5) is 7.92. The highest BCUT2D eigenvalue weighted by atomic mass is 32.1. The highest BCUT2D eigenvalue weighted by molar-refractivity contribution is 7.15. The second kappa shape index (κ2) is 5.33. The van der Waals surface area contributed by atoms with Crippen molar-refractivity contribution in [1.29, 1.82) is 0 Å². The molecule has 2 N–H and O–H groups in total. The Labute approximate surface area is 107 Å². The molecule has 1 fully saturated rings. The number of methoxy groups -OCH3 is 1. The minimum Gasteiger partial charge on any atom is -0.379 e. The molecule has 1 aliphatic rings. The van der Waals surface area contributed by atoms with Crippen molar-refractivity contribution in [3.8, 4) is 0 Å². The van der Waals surface area contributed by atoms with Crippen LogP contribution in [-0.2, 0) is 4.74 Å². The Balaban J connectivity index is 2.06. The van der Waals surface area contributed by atoms with Gasteiger partial charge in [0.2, 0.25) is 0 Å². The molecule has 0 saturated carbocycles. The van der Waals surface area contributed by atoms with Crippen LogP contribution in [0.5, 0.6) is 0 Å². The number of thiazole rings is 1. The van der Waals surface area contributed by atoms with Gasteiger partial charge in [-0.15, -0.1) is 11.3 Å². The smallest absolute Gasteiger partial charge is 0.185 e. The predicted octanol–water partition coefficient (Wildman–Crippen LogP) is 2.02. The predicted molar refractivity (Wildman–Crippen MR) is 71.5 cm³/mol. The van der Waals surface area contributed by atoms with Crippen LogP contribution in [0.1, 0.15) is 31.2 Å². The van der Waals surface area contributed by atoms with Gasteiger partial charge >= 0.3 is 0 Å². The summed E-state index contributed by atoms with van der Waals surface area (Å²) in [6.45, 7) is 6.24. The van der Waals surface area contributed by atoms with Gasteiger partial charge in [0.15, 0.2) is 5.13 Å². The zero-order valence-electron chi connectivity index (χ0n) is 10.7. The summed E-state index contributed by atoms with van der Waals surface area (Å²) in [5.41, 5.74) is 5.86. The van der Waals surface area contributed by atoms with Crippen molar-refractivity contribution >= 4 is 16.5 Å². The normalized spacial score (nSPS) is 27.2. The van der Waals surface area contributed by atoms with E-state index in [9.17, 15) is 0 Å². The first-order valence-electron chi connectivity index (χ1n) is 6.11. The van der Waals surface area contributed by atoms with E-state index in [1.807, 2.05) is 13.1 Å². The number of hydrogen-bond acceptors (Lipinski definition) is 5. The van der Waals surface area contributed by atoms with Crippen LogP contribution in [0.4, 0.5) is 5.13 Å². The molecule has 1 saturated heterocycles. The summed E-state index contributed by atoms with van der Waals surface area (Å²) < 4.78 is 5.52. The van der Waals surface area contributed by atoms with E-state index in [1.165, 1.54) is 0 Å². The molecule has 0 aromatic carbocycles. The Morgan fingerprint density at radius 2 is 2.41 bits per heavy atom. The van der Waals surface area contributed by atoms with Crippen molar-refractivity contribution in [1.82, 2.24) is 4.98 Å². The summed E-state index contributed by atoms with van der Waals surface area (Å²) in [6, 6.07) is 0.0724. The maximum Gasteiger partial charge on any atom is 0.185 e. The van der Waals surface area contributed by atoms with Gasteiger partial charge in [-0.2, -0.15) is 0 Å². The monoisotopic (exact) mass is 255 g/mol. The number of hydrogen-bond donors (Lipinski definition) is 1. The third kappa shape index (κ3) is 2.78. The fourth-order valence-corrected chi connectivity index (χ4v) is 3.05. The van der Waals surface area contributed by atoms with Gasteiger partial charge in [0, 0.05) is 37.3 Å². The fourth-order valence-electron chi connectivity index (χ4n) is 2.15. The van der Waals surface area contributed by atoms with Crippen molar-refractivity contribution in [2.45, 2.75) is 32.4 Å². The molecule has 3 unspecified atom stereocenters. The maximum absolute atomic E-state index is 5.86. The lowest BCUT2D eigenvalue weighted by molar-refractivity contribution is 0.0498. The van der Waals surface area contributed by atoms with Crippen molar-refractivity contribution in [3.63, 3.8) is 0 Å². The fraction of sp³-hybridized carbons (Fsp3) is 0.750. The van der Waals surface area contributed by atoms with Gasteiger partial charge in [0.25, 0.3) is 0 Å². The Morgan fingerprint density at radius 1 is 1.65 bits per heavy atom. The zero-order valence-corrected chi connectivity index (χ0v) is 11.5. The van der Waals surface area contributed by atoms with Gasteiger partial charge in [0.05, 0.1) is 6.10 Å². The molecule has 1 aliphatic heterocycles. The van der Waals surface area contributed by atoms with E-state index in [0.29, 0.717) is 12.0 Å². The molecule has 5 heteroatoms. The molecule has 0 bridgehead atoms. The minimum atomic E-state index is 0.0724. The second-order valence-electron chi connectivity index (χ2n) is 4.82. The molecule has 0 spiro atoms. The first-order chi connectivity index (χ1) is 8.11. The quantitative estimate of drug-likeness (QED) is 0.898. The molecule has 96 valence electrons. The molecule has 1 aromatic rings. The van der Waals surface area contributed by atoms with Gasteiger partial charge in [0.1, 0.15) is 0 Å². The third-order valence-electron chi connectivity index (χ3n) is 3.42. The van der Waals surface area contributed by atoms with Crippen molar-refractivity contribution in [2.75, 3.05) is 25.1 Å². The van der Waals surface area contributed by atoms with Crippen LogP contribution >= 0.6 is 11.3 Å². The second-order valence-corrected chi connectivity index (χ2v) is 5.86. The molecule has 2 heterocycles. The van der Waals surface area contributed by atoms with Gasteiger partial charge in [-0.1, -0.05) is 6.92 Å². The average molecular weight is 255 g/mol. The summed E-state index contributed by atoms with van der Waals surface area (Å²) in [7, 11) is 1.79. The highest BCUT2D eigenvalue weighted by Crippen LogP contribution is 2.30. The largest absolute Gasteiger partial charge is 0.379 e. The highest BCUT2D eigenvalue weighted by Gasteiger charge is 2.27. The number of piperidine rings is 1. The van der Waals surface area contributed by atoms with Crippen molar-refractivity contribution < 1.29 is 4.74 Å². The maximum atomic E-state index is 5.86. The Hall–Kier alpha value is -0.650. The van der Waals surface area contributed by atoms with E-state index < -0.39 is 0 Å². The van der Waals surface area contributed by atoms with Crippen molar-refractivity contribution in [3.05, 3.63) is 11.1 Å². The molecule has 0 aliphatic carbocycles. The molecule has 2 rings (SSSR count). The van der Waals surface area contributed by atoms with E-state index in [1.54, 1.807) is 18.4 Å². The van der Waals surface area contributed by atoms with Crippen LogP contribution in [0.25, 0.3) is 0 Å². The van der Waals surface area contributed by atoms with E-state index in [-0.39, 0.29) is 6.04 Å². The van der Waals surface area contributed by atoms with Crippen LogP contribution in [0, 0.1) is 5.92 Å². The first kappa shape index (κ1) is 12.8. The number of aromatic nitrogens is 1. The summed E-state index contributed by atoms with van der Waals surface area (Å²) in [5.74, 6) is 0.629. The van der Waals surface area contributed by atoms with E-state index in [4.69, 9.17) is 10.5 Å². The summed E-state index contributed by atoms with van der Waals surface area (Å²) in [5, 5.41) is 1.08. The molecule has 17 heavy (non-hydrogen) atoms. The first-order valence-corrected chi connectivity index (χ1v) is 6.92. The van der Waals surface area contributed by atoms with Crippen LogP contribution < -0.4 is 10.6 Å². The lowest BCUT2D eigenvalue weighted by Gasteiger charge is -2.36. The van der Waals surface area contributed by atoms with Crippen LogP contribution in [-0.4, -0.2) is 31.3 Å². The van der Waals surface area contributed by atoms with Gasteiger partial charge in [-0.05, 0) is 19.3 Å². The molecule has 0 radical (unpaired) electrons. The number of nitrogens with zero attached hydrogens (tertiary/aromatic N) is 2. The Kier molecular flexibility index (Phi) is 4.01. The van der Waals surface area contributed by atoms with E-state index >= 15 is 0 Å². The van der Waals surface area contributed by atoms with E-state index in [0.717, 1.165) is 29.5 Å². The molecule has 4 nitrogen and oxygen atoms in total. The van der Waals surface area contributed by atoms with Gasteiger partial charge in [-0.25, -0.2) is 4.98 Å². The Bertz CT molecular complexity index is 366. The lowest BCUT2D eigenvalue weighted by atomic mass is 9.96. The van der Waals surface area contributed by atoms with Crippen LogP contribution in [0.2, 0.25) is 0 Å². The topological polar surface area (TPSA) is 51.4 Å². The van der Waals surface area contributed by atoms with Gasteiger partial charge < -0.3 is 15.4 Å². The lowest BCUT2D eigenvalue weighted by Crippen LogP contribution is -2.43. The van der Waals surface area contributed by atoms with Crippen LogP contribution in [0.3, 0.4) is 0 Å². The molecular formula is C12H21N3OS. The molecule has 1 aromatic heterocycles. The number of ether oxygens (including phenoxy) is 1. The molecular weight excluding hydrogens is 234 g/mol. The SMILES string of the molecule is COC1CN(c2ncc(C(C)N)s2)CCC1C. The minimum absolute atomic E-state index is 0.0724. The van der Waals surface area contributed by atoms with Gasteiger partial charge in [-0.3, -0.25) is 0 Å². The molecule has 3 atom stereocenters. The number of nitrogens with two attached hydrogens (primary N) is 1. The standard InChI is InChI=1S/C12H21N3OS/c1-8-4-5-15(7-10(8)16-3)12-14-6-11(17-12)9(2)13/h6,8-10H,4-5,7,13H2,1-3H3. The van der Waals surface area contributed by atoms with Crippen LogP contribution in [0.15, 0.2) is 6.20 Å². The third-order valence-corrected chi connectivity index (χ3v) is 4.68. The van der Waals surface area contributed by atoms with E-state index in [2.05, 4.69) is 16.8 Å². The Morgan fingerprint density at radius 3 is 3.00 bits per heavy atom. The number of anilines is 1. The number of rotatable bonds is 3. The van der Waals surface area contributed by atoms with Crippen molar-refractivity contribution in [2.24, 2.45) is 11.7 Å². The summed E-state index contributed by atoms with van der Waals surface area (Å²) in [6.07, 6.45) is 3.36. The summed E-state index contributed by atoms with van der Waals surface area (Å²) >= 11 is 1.70. The zero-order chi connectivity index (χ0) is 12.4.